The smallest absolute Gasteiger partial charge is 0.124 e. The quantitative estimate of drug-likeness (QED) is 0.726. The fraction of sp³-hybridized carbons (Fsp3) is 0.400. The molecule has 1 aromatic carbocycles. The zero-order valence-corrected chi connectivity index (χ0v) is 7.95. The van der Waals surface area contributed by atoms with Crippen LogP contribution in [-0.4, -0.2) is 25.8 Å². The van der Waals surface area contributed by atoms with Crippen molar-refractivity contribution in [2.45, 2.75) is 6.10 Å². The number of methoxy groups -OCH3 is 1. The molecule has 13 heavy (non-hydrogen) atoms. The lowest BCUT2D eigenvalue weighted by molar-refractivity contribution is 0.173. The second kappa shape index (κ2) is 4.84. The first-order valence-corrected chi connectivity index (χ1v) is 4.25. The molecule has 0 aliphatic heterocycles. The molecule has 0 heterocycles. The van der Waals surface area contributed by atoms with Crippen LogP contribution < -0.4 is 10.1 Å². The Balaban J connectivity index is 2.85. The summed E-state index contributed by atoms with van der Waals surface area (Å²) in [4.78, 5) is 0. The van der Waals surface area contributed by atoms with Crippen molar-refractivity contribution in [3.63, 3.8) is 0 Å². The first-order valence-electron chi connectivity index (χ1n) is 4.25. The van der Waals surface area contributed by atoms with Crippen LogP contribution in [0, 0.1) is 0 Å². The topological polar surface area (TPSA) is 41.5 Å². The van der Waals surface area contributed by atoms with Gasteiger partial charge in [-0.05, 0) is 13.1 Å². The second-order valence-electron chi connectivity index (χ2n) is 2.82. The number of nitrogens with one attached hydrogen (secondary N) is 1. The van der Waals surface area contributed by atoms with Crippen LogP contribution in [0.3, 0.4) is 0 Å². The molecule has 3 heteroatoms. The van der Waals surface area contributed by atoms with Gasteiger partial charge in [0.1, 0.15) is 5.75 Å². The van der Waals surface area contributed by atoms with E-state index in [4.69, 9.17) is 4.74 Å². The number of aliphatic hydroxyl groups is 1. The Morgan fingerprint density at radius 3 is 2.77 bits per heavy atom. The highest BCUT2D eigenvalue weighted by Crippen LogP contribution is 2.23. The van der Waals surface area contributed by atoms with Gasteiger partial charge < -0.3 is 15.2 Å². The number of rotatable bonds is 4. The third-order valence-corrected chi connectivity index (χ3v) is 1.90. The van der Waals surface area contributed by atoms with Crippen molar-refractivity contribution in [2.24, 2.45) is 0 Å². The van der Waals surface area contributed by atoms with Gasteiger partial charge in [0.15, 0.2) is 0 Å². The summed E-state index contributed by atoms with van der Waals surface area (Å²) in [5, 5.41) is 12.6. The lowest BCUT2D eigenvalue weighted by Crippen LogP contribution is -2.17. The van der Waals surface area contributed by atoms with E-state index in [2.05, 4.69) is 5.32 Å². The average molecular weight is 181 g/mol. The lowest BCUT2D eigenvalue weighted by atomic mass is 10.1. The molecule has 0 bridgehead atoms. The molecule has 0 aliphatic rings. The monoisotopic (exact) mass is 181 g/mol. The lowest BCUT2D eigenvalue weighted by Gasteiger charge is -2.13. The van der Waals surface area contributed by atoms with Crippen LogP contribution in [-0.2, 0) is 0 Å². The van der Waals surface area contributed by atoms with Gasteiger partial charge in [0.2, 0.25) is 0 Å². The normalized spacial score (nSPS) is 12.5. The number of hydrogen-bond acceptors (Lipinski definition) is 3. The van der Waals surface area contributed by atoms with Crippen LogP contribution in [0.15, 0.2) is 24.3 Å². The Morgan fingerprint density at radius 2 is 2.15 bits per heavy atom. The second-order valence-corrected chi connectivity index (χ2v) is 2.82. The number of benzene rings is 1. The molecule has 1 aromatic rings. The van der Waals surface area contributed by atoms with Gasteiger partial charge >= 0.3 is 0 Å². The minimum absolute atomic E-state index is 0.513. The average Bonchev–Trinajstić information content (AvgIpc) is 2.18. The highest BCUT2D eigenvalue weighted by atomic mass is 16.5. The van der Waals surface area contributed by atoms with Crippen LogP contribution in [0.1, 0.15) is 11.7 Å². The summed E-state index contributed by atoms with van der Waals surface area (Å²) < 4.78 is 5.13. The van der Waals surface area contributed by atoms with E-state index in [1.165, 1.54) is 0 Å². The Bertz CT molecular complexity index is 263. The zero-order valence-electron chi connectivity index (χ0n) is 7.95. The number of para-hydroxylation sites is 1. The maximum Gasteiger partial charge on any atom is 0.124 e. The number of hydrogen-bond donors (Lipinski definition) is 2. The molecule has 1 rings (SSSR count). The predicted octanol–water partition coefficient (Wildman–Crippen LogP) is 0.948. The van der Waals surface area contributed by atoms with Crippen molar-refractivity contribution in [3.05, 3.63) is 29.8 Å². The Labute approximate surface area is 78.3 Å². The van der Waals surface area contributed by atoms with Gasteiger partial charge in [-0.25, -0.2) is 0 Å². The third kappa shape index (κ3) is 2.44. The Kier molecular flexibility index (Phi) is 3.73. The highest BCUT2D eigenvalue weighted by molar-refractivity contribution is 5.35. The molecule has 0 amide bonds. The van der Waals surface area contributed by atoms with Crippen molar-refractivity contribution in [1.29, 1.82) is 0 Å². The summed E-state index contributed by atoms with van der Waals surface area (Å²) >= 11 is 0. The minimum Gasteiger partial charge on any atom is -0.496 e. The van der Waals surface area contributed by atoms with Crippen molar-refractivity contribution < 1.29 is 9.84 Å². The summed E-state index contributed by atoms with van der Waals surface area (Å²) in [5.41, 5.74) is 0.819. The molecule has 0 spiro atoms. The van der Waals surface area contributed by atoms with Gasteiger partial charge in [0.25, 0.3) is 0 Å². The Hall–Kier alpha value is -1.06. The molecular formula is C10H15NO2. The van der Waals surface area contributed by atoms with E-state index < -0.39 is 6.10 Å². The number of likely N-dealkylation sites (N-methyl/N-ethyl adjacent to an activating group) is 1. The summed E-state index contributed by atoms with van der Waals surface area (Å²) in [6, 6.07) is 7.47. The predicted molar refractivity (Wildman–Crippen MR) is 51.9 cm³/mol. The SMILES string of the molecule is CNC[C@H](O)c1ccccc1OC. The maximum absolute atomic E-state index is 9.69. The standard InChI is InChI=1S/C10H15NO2/c1-11-7-9(12)8-5-3-4-6-10(8)13-2/h3-6,9,11-12H,7H2,1-2H3/t9-/m0/s1. The maximum atomic E-state index is 9.69. The van der Waals surface area contributed by atoms with E-state index in [0.29, 0.717) is 6.54 Å². The van der Waals surface area contributed by atoms with E-state index in [1.807, 2.05) is 24.3 Å². The summed E-state index contributed by atoms with van der Waals surface area (Å²) in [7, 11) is 3.41. The van der Waals surface area contributed by atoms with E-state index in [1.54, 1.807) is 14.2 Å². The first-order chi connectivity index (χ1) is 6.29. The summed E-state index contributed by atoms with van der Waals surface area (Å²) in [6.07, 6.45) is -0.513. The van der Waals surface area contributed by atoms with Gasteiger partial charge in [-0.15, -0.1) is 0 Å². The van der Waals surface area contributed by atoms with Crippen molar-refractivity contribution in [1.82, 2.24) is 5.32 Å². The minimum atomic E-state index is -0.513. The van der Waals surface area contributed by atoms with Crippen molar-refractivity contribution in [2.75, 3.05) is 20.7 Å². The van der Waals surface area contributed by atoms with Crippen molar-refractivity contribution in [3.8, 4) is 5.75 Å². The number of aliphatic hydroxyl groups excluding tert-OH is 1. The fourth-order valence-corrected chi connectivity index (χ4v) is 1.25. The zero-order chi connectivity index (χ0) is 9.68. The third-order valence-electron chi connectivity index (χ3n) is 1.90. The largest absolute Gasteiger partial charge is 0.496 e. The Morgan fingerprint density at radius 1 is 1.46 bits per heavy atom. The van der Waals surface area contributed by atoms with Crippen LogP contribution in [0.25, 0.3) is 0 Å². The molecule has 0 unspecified atom stereocenters. The highest BCUT2D eigenvalue weighted by Gasteiger charge is 2.10. The van der Waals surface area contributed by atoms with E-state index in [9.17, 15) is 5.11 Å². The molecule has 0 saturated heterocycles. The molecule has 0 aromatic heterocycles. The van der Waals surface area contributed by atoms with Crippen LogP contribution in [0.5, 0.6) is 5.75 Å². The molecule has 1 atom stereocenters. The number of ether oxygens (including phenoxy) is 1. The van der Waals surface area contributed by atoms with Gasteiger partial charge in [-0.3, -0.25) is 0 Å². The van der Waals surface area contributed by atoms with E-state index in [-0.39, 0.29) is 0 Å². The summed E-state index contributed by atoms with van der Waals surface area (Å²) in [5.74, 6) is 0.727. The molecular weight excluding hydrogens is 166 g/mol. The van der Waals surface area contributed by atoms with Crippen molar-refractivity contribution >= 4 is 0 Å². The summed E-state index contributed by atoms with van der Waals surface area (Å²) in [6.45, 7) is 0.528. The van der Waals surface area contributed by atoms with Gasteiger partial charge in [0, 0.05) is 12.1 Å². The van der Waals surface area contributed by atoms with E-state index in [0.717, 1.165) is 11.3 Å². The van der Waals surface area contributed by atoms with Gasteiger partial charge in [-0.2, -0.15) is 0 Å². The van der Waals surface area contributed by atoms with Gasteiger partial charge in [0.05, 0.1) is 13.2 Å². The molecule has 0 fully saturated rings. The van der Waals surface area contributed by atoms with Gasteiger partial charge in [-0.1, -0.05) is 18.2 Å². The molecule has 2 N–H and O–H groups in total. The molecule has 72 valence electrons. The molecule has 0 radical (unpaired) electrons. The molecule has 3 nitrogen and oxygen atoms in total. The van der Waals surface area contributed by atoms with Crippen LogP contribution in [0.2, 0.25) is 0 Å². The first kappa shape index (κ1) is 10.0. The van der Waals surface area contributed by atoms with E-state index >= 15 is 0 Å². The molecule has 0 saturated carbocycles. The van der Waals surface area contributed by atoms with Crippen LogP contribution >= 0.6 is 0 Å². The van der Waals surface area contributed by atoms with Crippen LogP contribution in [0.4, 0.5) is 0 Å². The molecule has 0 aliphatic carbocycles. The fourth-order valence-electron chi connectivity index (χ4n) is 1.25.